The van der Waals surface area contributed by atoms with E-state index in [9.17, 15) is 9.59 Å². The van der Waals surface area contributed by atoms with Crippen LogP contribution in [-0.4, -0.2) is 36.4 Å². The molecule has 0 aromatic heterocycles. The summed E-state index contributed by atoms with van der Waals surface area (Å²) < 4.78 is 9.10. The number of rotatable bonds is 3. The Kier molecular flexibility index (Phi) is 2.43. The summed E-state index contributed by atoms with van der Waals surface area (Å²) in [4.78, 5) is 20.6. The third-order valence-corrected chi connectivity index (χ3v) is 1.30. The maximum Gasteiger partial charge on any atom is 0.341 e. The molecular weight excluding hydrogens is 152 g/mol. The van der Waals surface area contributed by atoms with Crippen molar-refractivity contribution in [2.75, 3.05) is 13.2 Å². The molecule has 1 rings (SSSR count). The quantitative estimate of drug-likeness (QED) is 0.558. The molecule has 1 heterocycles. The van der Waals surface area contributed by atoms with Gasteiger partial charge >= 0.3 is 11.9 Å². The van der Waals surface area contributed by atoms with Gasteiger partial charge in [-0.1, -0.05) is 0 Å². The van der Waals surface area contributed by atoms with Gasteiger partial charge in [0.05, 0.1) is 6.61 Å². The molecule has 62 valence electrons. The Labute approximate surface area is 62.9 Å². The Morgan fingerprint density at radius 2 is 2.27 bits per heavy atom. The molecule has 0 aromatic rings. The van der Waals surface area contributed by atoms with Crippen molar-refractivity contribution in [1.82, 2.24) is 0 Å². The lowest BCUT2D eigenvalue weighted by Gasteiger charge is -2.23. The van der Waals surface area contributed by atoms with Gasteiger partial charge in [-0.05, 0) is 0 Å². The molecule has 11 heavy (non-hydrogen) atoms. The van der Waals surface area contributed by atoms with Crippen LogP contribution in [0.1, 0.15) is 6.42 Å². The van der Waals surface area contributed by atoms with Crippen molar-refractivity contribution in [2.24, 2.45) is 0 Å². The van der Waals surface area contributed by atoms with Crippen LogP contribution in [0.25, 0.3) is 0 Å². The lowest BCUT2D eigenvalue weighted by Crippen LogP contribution is -2.37. The number of carboxylic acid groups (broad SMARTS) is 1. The second-order valence-corrected chi connectivity index (χ2v) is 2.15. The zero-order chi connectivity index (χ0) is 8.27. The largest absolute Gasteiger partial charge is 0.479 e. The van der Waals surface area contributed by atoms with E-state index in [2.05, 4.69) is 4.74 Å². The first-order chi connectivity index (χ1) is 5.20. The third-order valence-electron chi connectivity index (χ3n) is 1.30. The van der Waals surface area contributed by atoms with Gasteiger partial charge in [-0.3, -0.25) is 0 Å². The van der Waals surface area contributed by atoms with Crippen LogP contribution in [0.5, 0.6) is 0 Å². The van der Waals surface area contributed by atoms with Gasteiger partial charge in [-0.25, -0.2) is 9.59 Å². The molecule has 5 nitrogen and oxygen atoms in total. The Balaban J connectivity index is 2.15. The Morgan fingerprint density at radius 3 is 2.64 bits per heavy atom. The predicted octanol–water partition coefficient (Wildman–Crippen LogP) is -0.597. The normalized spacial score (nSPS) is 22.0. The maximum atomic E-state index is 10.7. The van der Waals surface area contributed by atoms with Crippen LogP contribution in [0.15, 0.2) is 0 Å². The molecule has 1 aliphatic heterocycles. The van der Waals surface area contributed by atoms with Crippen molar-refractivity contribution < 1.29 is 24.2 Å². The van der Waals surface area contributed by atoms with Gasteiger partial charge in [-0.2, -0.15) is 0 Å². The third kappa shape index (κ3) is 2.19. The highest BCUT2D eigenvalue weighted by Crippen LogP contribution is 2.11. The highest BCUT2D eigenvalue weighted by Gasteiger charge is 2.28. The maximum absolute atomic E-state index is 10.7. The minimum absolute atomic E-state index is 0.533. The van der Waals surface area contributed by atoms with Crippen molar-refractivity contribution in [3.05, 3.63) is 0 Å². The molecule has 1 fully saturated rings. The Morgan fingerprint density at radius 1 is 1.64 bits per heavy atom. The van der Waals surface area contributed by atoms with Gasteiger partial charge in [-0.15, -0.1) is 0 Å². The Bertz CT molecular complexity index is 172. The molecule has 5 heteroatoms. The first kappa shape index (κ1) is 8.00. The number of carbonyl (C=O) groups is 2. The Hall–Kier alpha value is -1.10. The smallest absolute Gasteiger partial charge is 0.341 e. The lowest BCUT2D eigenvalue weighted by atomic mass is 10.2. The van der Waals surface area contributed by atoms with E-state index >= 15 is 0 Å². The van der Waals surface area contributed by atoms with Crippen LogP contribution >= 0.6 is 0 Å². The van der Waals surface area contributed by atoms with Crippen LogP contribution in [0, 0.1) is 0 Å². The molecule has 0 spiro atoms. The van der Waals surface area contributed by atoms with Gasteiger partial charge in [0.1, 0.15) is 0 Å². The number of aliphatic carboxylic acids is 1. The summed E-state index contributed by atoms with van der Waals surface area (Å²) in [5.74, 6) is -1.74. The number of carboxylic acids is 1. The highest BCUT2D eigenvalue weighted by molar-refractivity contribution is 5.78. The first-order valence-electron chi connectivity index (χ1n) is 3.20. The van der Waals surface area contributed by atoms with Crippen LogP contribution in [0.2, 0.25) is 0 Å². The van der Waals surface area contributed by atoms with Gasteiger partial charge in [0, 0.05) is 6.42 Å². The minimum Gasteiger partial charge on any atom is -0.479 e. The molecule has 0 aliphatic carbocycles. The molecule has 0 aromatic carbocycles. The number of hydrogen-bond acceptors (Lipinski definition) is 4. The summed E-state index contributed by atoms with van der Waals surface area (Å²) in [6.45, 7) is -0.0362. The van der Waals surface area contributed by atoms with E-state index in [1.165, 1.54) is 0 Å². The second kappa shape index (κ2) is 3.34. The fourth-order valence-electron chi connectivity index (χ4n) is 0.647. The van der Waals surface area contributed by atoms with E-state index < -0.39 is 24.6 Å². The molecule has 0 amide bonds. The first-order valence-corrected chi connectivity index (χ1v) is 3.20. The van der Waals surface area contributed by atoms with Crippen molar-refractivity contribution in [3.63, 3.8) is 0 Å². The van der Waals surface area contributed by atoms with Crippen molar-refractivity contribution in [3.8, 4) is 0 Å². The predicted molar refractivity (Wildman–Crippen MR) is 33.0 cm³/mol. The average molecular weight is 160 g/mol. The molecule has 1 atom stereocenters. The lowest BCUT2D eigenvalue weighted by molar-refractivity contribution is -0.174. The van der Waals surface area contributed by atoms with Crippen molar-refractivity contribution in [2.45, 2.75) is 12.5 Å². The van der Waals surface area contributed by atoms with Gasteiger partial charge < -0.3 is 14.6 Å². The fourth-order valence-corrected chi connectivity index (χ4v) is 0.647. The zero-order valence-corrected chi connectivity index (χ0v) is 5.78. The molecule has 1 N–H and O–H groups in total. The van der Waals surface area contributed by atoms with E-state index in [1.54, 1.807) is 0 Å². The molecule has 0 radical (unpaired) electrons. The topological polar surface area (TPSA) is 72.8 Å². The monoisotopic (exact) mass is 160 g/mol. The summed E-state index contributed by atoms with van der Waals surface area (Å²) in [6, 6.07) is 0. The van der Waals surface area contributed by atoms with Gasteiger partial charge in [0.15, 0.2) is 12.7 Å². The summed E-state index contributed by atoms with van der Waals surface area (Å²) in [5, 5.41) is 8.12. The molecule has 1 saturated heterocycles. The van der Waals surface area contributed by atoms with Crippen LogP contribution < -0.4 is 0 Å². The number of carbonyl (C=O) groups excluding carboxylic acids is 1. The molecular formula is C6H8O5. The van der Waals surface area contributed by atoms with Crippen molar-refractivity contribution in [1.29, 1.82) is 0 Å². The van der Waals surface area contributed by atoms with Crippen LogP contribution in [0.3, 0.4) is 0 Å². The number of ether oxygens (including phenoxy) is 2. The van der Waals surface area contributed by atoms with Crippen LogP contribution in [-0.2, 0) is 19.1 Å². The van der Waals surface area contributed by atoms with Crippen LogP contribution in [0.4, 0.5) is 0 Å². The van der Waals surface area contributed by atoms with Gasteiger partial charge in [0.2, 0.25) is 0 Å². The summed E-state index contributed by atoms with van der Waals surface area (Å²) in [6.07, 6.45) is 0.0905. The van der Waals surface area contributed by atoms with Gasteiger partial charge in [0.25, 0.3) is 0 Å². The van der Waals surface area contributed by atoms with E-state index in [4.69, 9.17) is 9.84 Å². The van der Waals surface area contributed by atoms with E-state index in [-0.39, 0.29) is 0 Å². The number of hydrogen-bond donors (Lipinski definition) is 1. The number of esters is 1. The van der Waals surface area contributed by atoms with E-state index in [0.29, 0.717) is 13.0 Å². The SMILES string of the molecule is O=C(O)COC(=O)C1CCO1. The molecule has 1 aliphatic rings. The standard InChI is InChI=1S/C6H8O5/c7-5(8)3-11-6(9)4-1-2-10-4/h4H,1-3H2,(H,7,8). The van der Waals surface area contributed by atoms with Crippen molar-refractivity contribution >= 4 is 11.9 Å². The zero-order valence-electron chi connectivity index (χ0n) is 5.78. The average Bonchev–Trinajstić information content (AvgIpc) is 1.79. The minimum atomic E-state index is -1.15. The molecule has 0 bridgehead atoms. The molecule has 0 saturated carbocycles. The van der Waals surface area contributed by atoms with E-state index in [1.807, 2.05) is 0 Å². The summed E-state index contributed by atoms with van der Waals surface area (Å²) >= 11 is 0. The summed E-state index contributed by atoms with van der Waals surface area (Å²) in [7, 11) is 0. The van der Waals surface area contributed by atoms with E-state index in [0.717, 1.165) is 0 Å². The summed E-state index contributed by atoms with van der Waals surface area (Å²) in [5.41, 5.74) is 0. The highest BCUT2D eigenvalue weighted by atomic mass is 16.6. The fraction of sp³-hybridized carbons (Fsp3) is 0.667. The second-order valence-electron chi connectivity index (χ2n) is 2.15. The molecule has 1 unspecified atom stereocenters.